The van der Waals surface area contributed by atoms with Crippen LogP contribution in [0.3, 0.4) is 0 Å². The van der Waals surface area contributed by atoms with Gasteiger partial charge in [0.1, 0.15) is 6.61 Å². The lowest BCUT2D eigenvalue weighted by Crippen LogP contribution is -2.13. The van der Waals surface area contributed by atoms with Crippen LogP contribution in [0.2, 0.25) is 0 Å². The van der Waals surface area contributed by atoms with Crippen LogP contribution in [-0.2, 0) is 22.6 Å². The van der Waals surface area contributed by atoms with Gasteiger partial charge in [0.15, 0.2) is 0 Å². The molecule has 1 aromatic carbocycles. The first-order chi connectivity index (χ1) is 12.9. The van der Waals surface area contributed by atoms with E-state index in [1.165, 1.54) is 17.3 Å². The van der Waals surface area contributed by atoms with Crippen molar-refractivity contribution in [2.75, 3.05) is 6.26 Å². The Morgan fingerprint density at radius 1 is 1.19 bits per heavy atom. The molecular formula is C20H24N4O2S. The Hall–Kier alpha value is -2.41. The summed E-state index contributed by atoms with van der Waals surface area (Å²) in [4.78, 5) is 21.2. The van der Waals surface area contributed by atoms with Crippen molar-refractivity contribution < 1.29 is 9.53 Å². The van der Waals surface area contributed by atoms with Crippen LogP contribution in [-0.4, -0.2) is 31.8 Å². The maximum Gasteiger partial charge on any atom is 0.310 e. The van der Waals surface area contributed by atoms with Crippen molar-refractivity contribution in [3.8, 4) is 0 Å². The quantitative estimate of drug-likeness (QED) is 0.475. The summed E-state index contributed by atoms with van der Waals surface area (Å²) in [6.45, 7) is 8.38. The third-order valence-corrected chi connectivity index (χ3v) is 5.12. The number of carbonyl (C=O) groups is 1. The maximum atomic E-state index is 12.4. The molecule has 27 heavy (non-hydrogen) atoms. The predicted octanol–water partition coefficient (Wildman–Crippen LogP) is 3.87. The summed E-state index contributed by atoms with van der Waals surface area (Å²) >= 11 is 1.46. The standard InChI is InChI=1S/C20H24N4O2S/c1-12(2)16-8-6-15(7-9-16)11-26-18(25)10-17-13(3)21-19-22-20(27-5)23-24(19)14(17)4/h6-9,12H,10-11H2,1-5H3. The Balaban J connectivity index is 1.70. The zero-order valence-corrected chi connectivity index (χ0v) is 17.1. The molecule has 0 saturated heterocycles. The molecule has 7 heteroatoms. The number of hydrogen-bond donors (Lipinski definition) is 0. The molecule has 0 radical (unpaired) electrons. The molecule has 0 fully saturated rings. The van der Waals surface area contributed by atoms with Crippen LogP contribution in [0.4, 0.5) is 0 Å². The Morgan fingerprint density at radius 2 is 1.89 bits per heavy atom. The van der Waals surface area contributed by atoms with Crippen LogP contribution in [0.25, 0.3) is 5.78 Å². The Labute approximate surface area is 163 Å². The number of rotatable bonds is 6. The number of esters is 1. The first-order valence-electron chi connectivity index (χ1n) is 8.90. The molecule has 0 aliphatic carbocycles. The highest BCUT2D eigenvalue weighted by Crippen LogP contribution is 2.18. The number of aryl methyl sites for hydroxylation is 2. The van der Waals surface area contributed by atoms with E-state index in [1.54, 1.807) is 4.52 Å². The fourth-order valence-corrected chi connectivity index (χ4v) is 3.23. The van der Waals surface area contributed by atoms with Crippen molar-refractivity contribution in [1.29, 1.82) is 0 Å². The fraction of sp³-hybridized carbons (Fsp3) is 0.400. The normalized spacial score (nSPS) is 11.3. The minimum Gasteiger partial charge on any atom is -0.461 e. The van der Waals surface area contributed by atoms with E-state index in [9.17, 15) is 4.79 Å². The smallest absolute Gasteiger partial charge is 0.310 e. The molecule has 3 rings (SSSR count). The van der Waals surface area contributed by atoms with Gasteiger partial charge in [0.25, 0.3) is 5.78 Å². The molecule has 0 saturated carbocycles. The fourth-order valence-electron chi connectivity index (χ4n) is 2.89. The van der Waals surface area contributed by atoms with E-state index in [1.807, 2.05) is 32.2 Å². The summed E-state index contributed by atoms with van der Waals surface area (Å²) in [6, 6.07) is 8.17. The maximum absolute atomic E-state index is 12.4. The summed E-state index contributed by atoms with van der Waals surface area (Å²) in [7, 11) is 0. The predicted molar refractivity (Wildman–Crippen MR) is 106 cm³/mol. The van der Waals surface area contributed by atoms with Crippen molar-refractivity contribution in [2.24, 2.45) is 0 Å². The number of nitrogens with zero attached hydrogens (tertiary/aromatic N) is 4. The number of carbonyl (C=O) groups excluding carboxylic acids is 1. The molecule has 0 amide bonds. The van der Waals surface area contributed by atoms with Gasteiger partial charge < -0.3 is 4.74 Å². The number of thioether (sulfide) groups is 1. The van der Waals surface area contributed by atoms with Crippen molar-refractivity contribution in [3.05, 3.63) is 52.3 Å². The van der Waals surface area contributed by atoms with Gasteiger partial charge in [0.2, 0.25) is 5.16 Å². The van der Waals surface area contributed by atoms with Crippen LogP contribution in [0.5, 0.6) is 0 Å². The number of hydrogen-bond acceptors (Lipinski definition) is 6. The van der Waals surface area contributed by atoms with Gasteiger partial charge in [-0.25, -0.2) is 9.50 Å². The van der Waals surface area contributed by atoms with Crippen molar-refractivity contribution in [2.45, 2.75) is 51.8 Å². The molecular weight excluding hydrogens is 360 g/mol. The lowest BCUT2D eigenvalue weighted by molar-refractivity contribution is -0.144. The lowest BCUT2D eigenvalue weighted by Gasteiger charge is -2.11. The topological polar surface area (TPSA) is 69.4 Å². The van der Waals surface area contributed by atoms with E-state index in [0.717, 1.165) is 22.5 Å². The molecule has 2 aromatic heterocycles. The van der Waals surface area contributed by atoms with Gasteiger partial charge in [-0.3, -0.25) is 4.79 Å². The van der Waals surface area contributed by atoms with E-state index in [2.05, 4.69) is 41.0 Å². The van der Waals surface area contributed by atoms with Gasteiger partial charge in [-0.05, 0) is 37.1 Å². The van der Waals surface area contributed by atoms with Gasteiger partial charge in [-0.15, -0.1) is 5.10 Å². The van der Waals surface area contributed by atoms with Crippen molar-refractivity contribution in [3.63, 3.8) is 0 Å². The van der Waals surface area contributed by atoms with Crippen LogP contribution in [0.1, 0.15) is 47.8 Å². The van der Waals surface area contributed by atoms with E-state index < -0.39 is 0 Å². The number of benzene rings is 1. The molecule has 0 atom stereocenters. The Kier molecular flexibility index (Phi) is 5.79. The highest BCUT2D eigenvalue weighted by Gasteiger charge is 2.16. The summed E-state index contributed by atoms with van der Waals surface area (Å²) in [5.41, 5.74) is 4.73. The van der Waals surface area contributed by atoms with Crippen LogP contribution in [0, 0.1) is 13.8 Å². The molecule has 0 spiro atoms. The number of aromatic nitrogens is 4. The Morgan fingerprint density at radius 3 is 2.52 bits per heavy atom. The highest BCUT2D eigenvalue weighted by atomic mass is 32.2. The molecule has 142 valence electrons. The minimum absolute atomic E-state index is 0.166. The van der Waals surface area contributed by atoms with Gasteiger partial charge in [-0.2, -0.15) is 4.98 Å². The number of fused-ring (bicyclic) bond motifs is 1. The van der Waals surface area contributed by atoms with Gasteiger partial charge in [-0.1, -0.05) is 49.9 Å². The number of ether oxygens (including phenoxy) is 1. The summed E-state index contributed by atoms with van der Waals surface area (Å²) in [6.07, 6.45) is 2.09. The lowest BCUT2D eigenvalue weighted by atomic mass is 10.0. The molecule has 2 heterocycles. The Bertz CT molecular complexity index is 964. The van der Waals surface area contributed by atoms with E-state index in [0.29, 0.717) is 16.9 Å². The third-order valence-electron chi connectivity index (χ3n) is 4.58. The largest absolute Gasteiger partial charge is 0.461 e. The monoisotopic (exact) mass is 384 g/mol. The van der Waals surface area contributed by atoms with Crippen LogP contribution < -0.4 is 0 Å². The second-order valence-electron chi connectivity index (χ2n) is 6.81. The van der Waals surface area contributed by atoms with Crippen molar-refractivity contribution >= 4 is 23.5 Å². The molecule has 0 aliphatic heterocycles. The molecule has 0 aliphatic rings. The zero-order chi connectivity index (χ0) is 19.6. The second-order valence-corrected chi connectivity index (χ2v) is 7.58. The molecule has 6 nitrogen and oxygen atoms in total. The first-order valence-corrected chi connectivity index (χ1v) is 10.1. The zero-order valence-electron chi connectivity index (χ0n) is 16.3. The average molecular weight is 385 g/mol. The summed E-state index contributed by atoms with van der Waals surface area (Å²) < 4.78 is 7.15. The van der Waals surface area contributed by atoms with E-state index in [-0.39, 0.29) is 19.0 Å². The van der Waals surface area contributed by atoms with Crippen LogP contribution >= 0.6 is 11.8 Å². The average Bonchev–Trinajstić information content (AvgIpc) is 3.07. The second kappa shape index (κ2) is 8.08. The van der Waals surface area contributed by atoms with Crippen LogP contribution in [0.15, 0.2) is 29.4 Å². The van der Waals surface area contributed by atoms with Crippen molar-refractivity contribution in [1.82, 2.24) is 19.6 Å². The summed E-state index contributed by atoms with van der Waals surface area (Å²) in [5, 5.41) is 5.07. The molecule has 0 bridgehead atoms. The van der Waals surface area contributed by atoms with E-state index >= 15 is 0 Å². The van der Waals surface area contributed by atoms with Gasteiger partial charge >= 0.3 is 5.97 Å². The SMILES string of the molecule is CSc1nc2nc(C)c(CC(=O)OCc3ccc(C(C)C)cc3)c(C)n2n1. The van der Waals surface area contributed by atoms with E-state index in [4.69, 9.17) is 4.74 Å². The highest BCUT2D eigenvalue weighted by molar-refractivity contribution is 7.98. The third kappa shape index (κ3) is 4.30. The minimum atomic E-state index is -0.277. The molecule has 0 N–H and O–H groups in total. The van der Waals surface area contributed by atoms with Gasteiger partial charge in [0.05, 0.1) is 6.42 Å². The van der Waals surface area contributed by atoms with Gasteiger partial charge in [0, 0.05) is 17.0 Å². The summed E-state index contributed by atoms with van der Waals surface area (Å²) in [5.74, 6) is 0.760. The first kappa shape index (κ1) is 19.4. The molecule has 0 unspecified atom stereocenters. The molecule has 3 aromatic rings.